The molecule has 0 spiro atoms. The van der Waals surface area contributed by atoms with Gasteiger partial charge in [0, 0.05) is 60.8 Å². The maximum atomic E-state index is 14.0. The van der Waals surface area contributed by atoms with E-state index in [-0.39, 0.29) is 17.7 Å². The normalized spacial score (nSPS) is 14.5. The number of amides is 2. The average Bonchev–Trinajstić information content (AvgIpc) is 3.51. The first-order chi connectivity index (χ1) is 20.1. The van der Waals surface area contributed by atoms with Crippen molar-refractivity contribution in [3.63, 3.8) is 0 Å². The summed E-state index contributed by atoms with van der Waals surface area (Å²) in [6.45, 7) is 4.86. The second-order valence-electron chi connectivity index (χ2n) is 10.2. The molecule has 1 aliphatic rings. The fraction of sp³-hybridized carbons (Fsp3) is 0.276. The van der Waals surface area contributed by atoms with E-state index in [1.54, 1.807) is 49.4 Å². The maximum absolute atomic E-state index is 14.0. The molecule has 13 heteroatoms. The van der Waals surface area contributed by atoms with Gasteiger partial charge in [0.25, 0.3) is 11.8 Å². The number of piperazine rings is 1. The number of aromatic nitrogens is 4. The van der Waals surface area contributed by atoms with E-state index in [1.165, 1.54) is 12.1 Å². The summed E-state index contributed by atoms with van der Waals surface area (Å²) in [5.41, 5.74) is 1.61. The highest BCUT2D eigenvalue weighted by Gasteiger charge is 2.34. The van der Waals surface area contributed by atoms with Crippen LogP contribution in [0.3, 0.4) is 0 Å². The van der Waals surface area contributed by atoms with Gasteiger partial charge in [-0.1, -0.05) is 24.3 Å². The SMILES string of the molecule is Cc1ccc(NC(=O)c2ccc(CN3CCN(C)CC3)c(C(F)(F)F)c2)cc1NC(=O)c1cccc(-c2nn[nH]n2)c1. The fourth-order valence-corrected chi connectivity index (χ4v) is 4.68. The van der Waals surface area contributed by atoms with Gasteiger partial charge < -0.3 is 15.5 Å². The van der Waals surface area contributed by atoms with Crippen molar-refractivity contribution < 1.29 is 22.8 Å². The Morgan fingerprint density at radius 1 is 0.929 bits per heavy atom. The van der Waals surface area contributed by atoms with E-state index < -0.39 is 23.6 Å². The molecule has 1 fully saturated rings. The molecule has 10 nitrogen and oxygen atoms in total. The summed E-state index contributed by atoms with van der Waals surface area (Å²) < 4.78 is 42.0. The van der Waals surface area contributed by atoms with Crippen molar-refractivity contribution in [2.75, 3.05) is 43.9 Å². The standard InChI is InChI=1S/C29H29F3N8O2/c1-18-6-9-23(16-25(18)34-28(42)20-5-3-4-19(14-20)26-35-37-38-36-26)33-27(41)21-7-8-22(24(15-21)29(30,31)32)17-40-12-10-39(2)11-13-40/h3-9,14-16H,10-13,17H2,1-2H3,(H,33,41)(H,34,42)(H,35,36,37,38). The Balaban J connectivity index is 1.30. The molecule has 2 amide bonds. The number of tetrazole rings is 1. The third-order valence-electron chi connectivity index (χ3n) is 7.14. The molecule has 218 valence electrons. The van der Waals surface area contributed by atoms with E-state index in [9.17, 15) is 22.8 Å². The van der Waals surface area contributed by atoms with Crippen LogP contribution in [0, 0.1) is 6.92 Å². The second kappa shape index (κ2) is 12.1. The lowest BCUT2D eigenvalue weighted by Gasteiger charge is -2.33. The van der Waals surface area contributed by atoms with Crippen molar-refractivity contribution in [2.24, 2.45) is 0 Å². The Morgan fingerprint density at radius 3 is 2.38 bits per heavy atom. The minimum atomic E-state index is -4.61. The molecule has 3 aromatic carbocycles. The number of alkyl halides is 3. The topological polar surface area (TPSA) is 119 Å². The molecule has 1 aromatic heterocycles. The number of nitrogens with one attached hydrogen (secondary N) is 3. The van der Waals surface area contributed by atoms with Crippen LogP contribution in [-0.4, -0.2) is 75.5 Å². The van der Waals surface area contributed by atoms with Gasteiger partial charge in [-0.15, -0.1) is 10.2 Å². The van der Waals surface area contributed by atoms with E-state index in [1.807, 2.05) is 11.9 Å². The molecule has 0 radical (unpaired) electrons. The van der Waals surface area contributed by atoms with E-state index in [4.69, 9.17) is 0 Å². The molecule has 1 saturated heterocycles. The number of benzene rings is 3. The third kappa shape index (κ3) is 6.81. The number of carbonyl (C=O) groups is 2. The molecule has 0 atom stereocenters. The van der Waals surface area contributed by atoms with Crippen molar-refractivity contribution in [1.82, 2.24) is 30.4 Å². The molecular formula is C29H29F3N8O2. The number of carbonyl (C=O) groups excluding carboxylic acids is 2. The smallest absolute Gasteiger partial charge is 0.322 e. The van der Waals surface area contributed by atoms with Gasteiger partial charge in [0.15, 0.2) is 0 Å². The van der Waals surface area contributed by atoms with Gasteiger partial charge in [0.2, 0.25) is 5.82 Å². The zero-order chi connectivity index (χ0) is 29.9. The van der Waals surface area contributed by atoms with Crippen molar-refractivity contribution in [3.05, 3.63) is 88.5 Å². The molecular weight excluding hydrogens is 549 g/mol. The lowest BCUT2D eigenvalue weighted by molar-refractivity contribution is -0.138. The molecule has 0 saturated carbocycles. The number of rotatable bonds is 7. The lowest BCUT2D eigenvalue weighted by Crippen LogP contribution is -2.44. The monoisotopic (exact) mass is 578 g/mol. The largest absolute Gasteiger partial charge is 0.416 e. The first-order valence-corrected chi connectivity index (χ1v) is 13.2. The lowest BCUT2D eigenvalue weighted by atomic mass is 10.0. The van der Waals surface area contributed by atoms with Crippen LogP contribution in [0.5, 0.6) is 0 Å². The predicted molar refractivity (Wildman–Crippen MR) is 151 cm³/mol. The predicted octanol–water partition coefficient (Wildman–Crippen LogP) is 4.45. The Labute approximate surface area is 239 Å². The van der Waals surface area contributed by atoms with E-state index in [0.29, 0.717) is 41.4 Å². The molecule has 5 rings (SSSR count). The molecule has 42 heavy (non-hydrogen) atoms. The first kappa shape index (κ1) is 28.9. The van der Waals surface area contributed by atoms with Gasteiger partial charge in [-0.05, 0) is 66.7 Å². The number of H-pyrrole nitrogens is 1. The van der Waals surface area contributed by atoms with Gasteiger partial charge in [0.1, 0.15) is 0 Å². The van der Waals surface area contributed by atoms with Crippen molar-refractivity contribution in [2.45, 2.75) is 19.6 Å². The fourth-order valence-electron chi connectivity index (χ4n) is 4.68. The summed E-state index contributed by atoms with van der Waals surface area (Å²) >= 11 is 0. The highest BCUT2D eigenvalue weighted by atomic mass is 19.4. The van der Waals surface area contributed by atoms with Gasteiger partial charge in [-0.25, -0.2) is 0 Å². The van der Waals surface area contributed by atoms with Crippen LogP contribution in [0.15, 0.2) is 60.7 Å². The van der Waals surface area contributed by atoms with Gasteiger partial charge in [-0.2, -0.15) is 18.4 Å². The summed E-state index contributed by atoms with van der Waals surface area (Å²) in [7, 11) is 1.98. The Hall–Kier alpha value is -4.62. The number of nitrogens with zero attached hydrogens (tertiary/aromatic N) is 5. The van der Waals surface area contributed by atoms with Crippen LogP contribution in [0.1, 0.15) is 37.4 Å². The number of halogens is 3. The zero-order valence-electron chi connectivity index (χ0n) is 23.0. The van der Waals surface area contributed by atoms with Gasteiger partial charge in [-0.3, -0.25) is 14.5 Å². The number of aryl methyl sites for hydroxylation is 1. The van der Waals surface area contributed by atoms with Crippen LogP contribution < -0.4 is 10.6 Å². The number of likely N-dealkylation sites (N-methyl/N-ethyl adjacent to an activating group) is 1. The van der Waals surface area contributed by atoms with Crippen LogP contribution in [-0.2, 0) is 12.7 Å². The highest BCUT2D eigenvalue weighted by Crippen LogP contribution is 2.34. The van der Waals surface area contributed by atoms with Crippen molar-refractivity contribution in [3.8, 4) is 11.4 Å². The number of aromatic amines is 1. The molecule has 0 unspecified atom stereocenters. The summed E-state index contributed by atoms with van der Waals surface area (Å²) in [5.74, 6) is -0.759. The third-order valence-corrected chi connectivity index (χ3v) is 7.14. The molecule has 3 N–H and O–H groups in total. The second-order valence-corrected chi connectivity index (χ2v) is 10.2. The Morgan fingerprint density at radius 2 is 1.67 bits per heavy atom. The van der Waals surface area contributed by atoms with Crippen molar-refractivity contribution in [1.29, 1.82) is 0 Å². The molecule has 0 aliphatic carbocycles. The molecule has 4 aromatic rings. The zero-order valence-corrected chi connectivity index (χ0v) is 23.0. The van der Waals surface area contributed by atoms with Crippen LogP contribution in [0.25, 0.3) is 11.4 Å². The summed E-state index contributed by atoms with van der Waals surface area (Å²) in [6.07, 6.45) is -4.61. The highest BCUT2D eigenvalue weighted by molar-refractivity contribution is 6.07. The number of hydrogen-bond acceptors (Lipinski definition) is 7. The van der Waals surface area contributed by atoms with Gasteiger partial charge >= 0.3 is 6.18 Å². The quantitative estimate of drug-likeness (QED) is 0.297. The Kier molecular flexibility index (Phi) is 8.31. The number of anilines is 2. The average molecular weight is 579 g/mol. The van der Waals surface area contributed by atoms with E-state index in [0.717, 1.165) is 24.7 Å². The molecule has 1 aliphatic heterocycles. The minimum absolute atomic E-state index is 0.117. The number of hydrogen-bond donors (Lipinski definition) is 3. The first-order valence-electron chi connectivity index (χ1n) is 13.2. The summed E-state index contributed by atoms with van der Waals surface area (Å²) in [4.78, 5) is 30.1. The minimum Gasteiger partial charge on any atom is -0.322 e. The van der Waals surface area contributed by atoms with E-state index in [2.05, 4.69) is 36.2 Å². The van der Waals surface area contributed by atoms with Gasteiger partial charge in [0.05, 0.1) is 5.56 Å². The summed E-state index contributed by atoms with van der Waals surface area (Å²) in [5, 5.41) is 19.2. The summed E-state index contributed by atoms with van der Waals surface area (Å²) in [6, 6.07) is 15.2. The van der Waals surface area contributed by atoms with Crippen molar-refractivity contribution >= 4 is 23.2 Å². The Bertz CT molecular complexity index is 1580. The molecule has 0 bridgehead atoms. The van der Waals surface area contributed by atoms with Crippen LogP contribution >= 0.6 is 0 Å². The van der Waals surface area contributed by atoms with Crippen LogP contribution in [0.2, 0.25) is 0 Å². The maximum Gasteiger partial charge on any atom is 0.416 e. The molecule has 2 heterocycles. The van der Waals surface area contributed by atoms with Crippen LogP contribution in [0.4, 0.5) is 24.5 Å². The van der Waals surface area contributed by atoms with E-state index >= 15 is 0 Å².